The van der Waals surface area contributed by atoms with Crippen molar-refractivity contribution in [1.29, 1.82) is 0 Å². The lowest BCUT2D eigenvalue weighted by atomic mass is 10.2. The zero-order valence-corrected chi connectivity index (χ0v) is 13.1. The molecule has 1 aromatic rings. The van der Waals surface area contributed by atoms with Gasteiger partial charge in [0.1, 0.15) is 0 Å². The van der Waals surface area contributed by atoms with Gasteiger partial charge in [0, 0.05) is 26.0 Å². The van der Waals surface area contributed by atoms with Crippen molar-refractivity contribution >= 4 is 40.9 Å². The van der Waals surface area contributed by atoms with Crippen LogP contribution in [0.4, 0.5) is 0 Å². The summed E-state index contributed by atoms with van der Waals surface area (Å²) in [4.78, 5) is 11.5. The largest absolute Gasteiger partial charge is 0.385 e. The number of rotatable bonds is 8. The molecule has 106 valence electrons. The Labute approximate surface area is 128 Å². The summed E-state index contributed by atoms with van der Waals surface area (Å²) in [5, 5.41) is 3.93. The fraction of sp³-hybridized carbons (Fsp3) is 0.462. The molecule has 0 radical (unpaired) electrons. The molecule has 0 aromatic heterocycles. The summed E-state index contributed by atoms with van der Waals surface area (Å²) in [6.07, 6.45) is 0.833. The Morgan fingerprint density at radius 1 is 1.37 bits per heavy atom. The van der Waals surface area contributed by atoms with Gasteiger partial charge in [-0.1, -0.05) is 29.3 Å². The molecule has 1 aromatic carbocycles. The molecule has 0 spiro atoms. The second-order valence-corrected chi connectivity index (χ2v) is 5.74. The van der Waals surface area contributed by atoms with Crippen LogP contribution in [0.15, 0.2) is 18.2 Å². The van der Waals surface area contributed by atoms with Crippen LogP contribution in [0, 0.1) is 0 Å². The molecule has 1 amide bonds. The van der Waals surface area contributed by atoms with E-state index in [-0.39, 0.29) is 5.91 Å². The van der Waals surface area contributed by atoms with E-state index in [4.69, 9.17) is 27.9 Å². The van der Waals surface area contributed by atoms with Gasteiger partial charge >= 0.3 is 0 Å². The Morgan fingerprint density at radius 2 is 2.16 bits per heavy atom. The van der Waals surface area contributed by atoms with Gasteiger partial charge in [0.2, 0.25) is 5.91 Å². The fourth-order valence-electron chi connectivity index (χ4n) is 1.39. The fourth-order valence-corrected chi connectivity index (χ4v) is 2.51. The van der Waals surface area contributed by atoms with Crippen LogP contribution in [-0.2, 0) is 15.3 Å². The predicted octanol–water partition coefficient (Wildman–Crippen LogP) is 3.38. The molecule has 0 fully saturated rings. The quantitative estimate of drug-likeness (QED) is 0.746. The van der Waals surface area contributed by atoms with Gasteiger partial charge in [0.25, 0.3) is 0 Å². The molecule has 0 unspecified atom stereocenters. The highest BCUT2D eigenvalue weighted by Crippen LogP contribution is 2.24. The lowest BCUT2D eigenvalue weighted by Gasteiger charge is -2.05. The summed E-state index contributed by atoms with van der Waals surface area (Å²) in [6.45, 7) is 1.32. The molecule has 0 saturated carbocycles. The molecular formula is C13H17Cl2NO2S. The van der Waals surface area contributed by atoms with Gasteiger partial charge in [-0.05, 0) is 24.1 Å². The summed E-state index contributed by atoms with van der Waals surface area (Å²) in [5.41, 5.74) is 1.06. The van der Waals surface area contributed by atoms with Crippen LogP contribution in [0.1, 0.15) is 12.0 Å². The van der Waals surface area contributed by atoms with Crippen molar-refractivity contribution in [2.45, 2.75) is 12.2 Å². The first-order valence-electron chi connectivity index (χ1n) is 5.91. The Kier molecular flexibility index (Phi) is 8.30. The van der Waals surface area contributed by atoms with Gasteiger partial charge < -0.3 is 10.1 Å². The van der Waals surface area contributed by atoms with Gasteiger partial charge in [-0.3, -0.25) is 4.79 Å². The van der Waals surface area contributed by atoms with Crippen LogP contribution < -0.4 is 5.32 Å². The molecule has 0 saturated heterocycles. The highest BCUT2D eigenvalue weighted by molar-refractivity contribution is 7.99. The molecule has 19 heavy (non-hydrogen) atoms. The Morgan fingerprint density at radius 3 is 2.84 bits per heavy atom. The molecular weight excluding hydrogens is 305 g/mol. The van der Waals surface area contributed by atoms with Crippen LogP contribution in [0.3, 0.4) is 0 Å². The highest BCUT2D eigenvalue weighted by Gasteiger charge is 2.03. The van der Waals surface area contributed by atoms with E-state index in [2.05, 4.69) is 5.32 Å². The maximum atomic E-state index is 11.5. The number of benzene rings is 1. The average molecular weight is 322 g/mol. The minimum Gasteiger partial charge on any atom is -0.385 e. The van der Waals surface area contributed by atoms with Gasteiger partial charge in [-0.25, -0.2) is 0 Å². The molecule has 6 heteroatoms. The van der Waals surface area contributed by atoms with Crippen molar-refractivity contribution in [1.82, 2.24) is 5.32 Å². The number of ether oxygens (including phenoxy) is 1. The minimum atomic E-state index is 0.0427. The third-order valence-corrected chi connectivity index (χ3v) is 4.08. The van der Waals surface area contributed by atoms with Crippen LogP contribution >= 0.6 is 35.0 Å². The summed E-state index contributed by atoms with van der Waals surface area (Å²) < 4.78 is 4.90. The molecule has 0 heterocycles. The van der Waals surface area contributed by atoms with Gasteiger partial charge in [0.15, 0.2) is 0 Å². The minimum absolute atomic E-state index is 0.0427. The summed E-state index contributed by atoms with van der Waals surface area (Å²) >= 11 is 13.3. The van der Waals surface area contributed by atoms with E-state index in [9.17, 15) is 4.79 Å². The van der Waals surface area contributed by atoms with E-state index in [1.807, 2.05) is 12.1 Å². The molecule has 0 aliphatic carbocycles. The zero-order valence-electron chi connectivity index (χ0n) is 10.7. The number of thioether (sulfide) groups is 1. The van der Waals surface area contributed by atoms with Crippen LogP contribution in [0.25, 0.3) is 0 Å². The monoisotopic (exact) mass is 321 g/mol. The van der Waals surface area contributed by atoms with E-state index < -0.39 is 0 Å². The normalized spacial score (nSPS) is 10.5. The molecule has 0 aliphatic heterocycles. The summed E-state index contributed by atoms with van der Waals surface area (Å²) in [7, 11) is 1.65. The predicted molar refractivity (Wildman–Crippen MR) is 82.1 cm³/mol. The van der Waals surface area contributed by atoms with Crippen LogP contribution in [0.5, 0.6) is 0 Å². The molecule has 1 rings (SSSR count). The number of carbonyl (C=O) groups is 1. The molecule has 3 nitrogen and oxygen atoms in total. The standard InChI is InChI=1S/C13H17Cl2NO2S/c1-18-6-2-5-16-13(17)9-19-8-10-3-4-11(14)12(15)7-10/h3-4,7H,2,5-6,8-9H2,1H3,(H,16,17). The first-order valence-corrected chi connectivity index (χ1v) is 7.82. The van der Waals surface area contributed by atoms with Gasteiger partial charge in [-0.15, -0.1) is 11.8 Å². The maximum absolute atomic E-state index is 11.5. The number of hydrogen-bond donors (Lipinski definition) is 1. The van der Waals surface area contributed by atoms with Crippen LogP contribution in [0.2, 0.25) is 10.0 Å². The van der Waals surface area contributed by atoms with Crippen molar-refractivity contribution in [3.05, 3.63) is 33.8 Å². The van der Waals surface area contributed by atoms with E-state index in [1.54, 1.807) is 24.9 Å². The Bertz CT molecular complexity index is 416. The van der Waals surface area contributed by atoms with E-state index in [0.29, 0.717) is 28.9 Å². The summed E-state index contributed by atoms with van der Waals surface area (Å²) in [5.74, 6) is 1.22. The molecule has 1 N–H and O–H groups in total. The second-order valence-electron chi connectivity index (χ2n) is 3.94. The number of halogens is 2. The number of methoxy groups -OCH3 is 1. The van der Waals surface area contributed by atoms with E-state index in [1.165, 1.54) is 0 Å². The third kappa shape index (κ3) is 7.06. The number of amides is 1. The SMILES string of the molecule is COCCCNC(=O)CSCc1ccc(Cl)c(Cl)c1. The second kappa shape index (κ2) is 9.48. The van der Waals surface area contributed by atoms with Gasteiger partial charge in [0.05, 0.1) is 15.8 Å². The number of hydrogen-bond acceptors (Lipinski definition) is 3. The van der Waals surface area contributed by atoms with Gasteiger partial charge in [-0.2, -0.15) is 0 Å². The first-order chi connectivity index (χ1) is 9.13. The highest BCUT2D eigenvalue weighted by atomic mass is 35.5. The number of carbonyl (C=O) groups excluding carboxylic acids is 1. The number of nitrogens with one attached hydrogen (secondary N) is 1. The van der Waals surface area contributed by atoms with Crippen LogP contribution in [-0.4, -0.2) is 31.9 Å². The first kappa shape index (κ1) is 16.6. The van der Waals surface area contributed by atoms with Crippen molar-refractivity contribution in [3.63, 3.8) is 0 Å². The summed E-state index contributed by atoms with van der Waals surface area (Å²) in [6, 6.07) is 5.51. The lowest BCUT2D eigenvalue weighted by molar-refractivity contribution is -0.118. The Hall–Kier alpha value is -0.420. The van der Waals surface area contributed by atoms with E-state index in [0.717, 1.165) is 17.7 Å². The molecule has 0 aliphatic rings. The van der Waals surface area contributed by atoms with Crippen molar-refractivity contribution < 1.29 is 9.53 Å². The zero-order chi connectivity index (χ0) is 14.1. The average Bonchev–Trinajstić information content (AvgIpc) is 2.39. The third-order valence-electron chi connectivity index (χ3n) is 2.33. The molecule has 0 atom stereocenters. The van der Waals surface area contributed by atoms with E-state index >= 15 is 0 Å². The Balaban J connectivity index is 2.18. The van der Waals surface area contributed by atoms with Crippen molar-refractivity contribution in [3.8, 4) is 0 Å². The lowest BCUT2D eigenvalue weighted by Crippen LogP contribution is -2.26. The van der Waals surface area contributed by atoms with Crippen molar-refractivity contribution in [2.75, 3.05) is 26.0 Å². The maximum Gasteiger partial charge on any atom is 0.230 e. The smallest absolute Gasteiger partial charge is 0.230 e. The molecule has 0 bridgehead atoms. The topological polar surface area (TPSA) is 38.3 Å². The van der Waals surface area contributed by atoms with Crippen molar-refractivity contribution in [2.24, 2.45) is 0 Å².